The Kier molecular flexibility index (Phi) is 4.05. The van der Waals surface area contributed by atoms with Crippen molar-refractivity contribution in [2.45, 2.75) is 37.9 Å². The maximum absolute atomic E-state index is 11.9. The number of benzene rings is 1. The van der Waals surface area contributed by atoms with Crippen molar-refractivity contribution in [1.29, 1.82) is 0 Å². The van der Waals surface area contributed by atoms with E-state index >= 15 is 0 Å². The fraction of sp³-hybridized carbons (Fsp3) is 0.500. The lowest BCUT2D eigenvalue weighted by Crippen LogP contribution is -2.14. The summed E-state index contributed by atoms with van der Waals surface area (Å²) in [6.07, 6.45) is 3.92. The maximum Gasteiger partial charge on any atom is 0.146 e. The van der Waals surface area contributed by atoms with E-state index in [1.807, 2.05) is 11.8 Å². The lowest BCUT2D eigenvalue weighted by Gasteiger charge is -2.07. The molecule has 1 aliphatic heterocycles. The van der Waals surface area contributed by atoms with Crippen molar-refractivity contribution in [3.05, 3.63) is 35.4 Å². The number of carbonyl (C=O) groups excluding carboxylic acids is 1. The number of aryl methyl sites for hydroxylation is 2. The van der Waals surface area contributed by atoms with Crippen molar-refractivity contribution in [2.24, 2.45) is 0 Å². The highest BCUT2D eigenvalue weighted by molar-refractivity contribution is 8.00. The summed E-state index contributed by atoms with van der Waals surface area (Å²) in [5, 5.41) is 0.296. The van der Waals surface area contributed by atoms with Crippen LogP contribution in [0.5, 0.6) is 0 Å². The van der Waals surface area contributed by atoms with Crippen molar-refractivity contribution in [1.82, 2.24) is 0 Å². The van der Waals surface area contributed by atoms with E-state index in [0.29, 0.717) is 17.5 Å². The van der Waals surface area contributed by atoms with Gasteiger partial charge in [0.1, 0.15) is 5.78 Å². The van der Waals surface area contributed by atoms with Gasteiger partial charge in [-0.3, -0.25) is 4.79 Å². The molecule has 0 radical (unpaired) electrons. The van der Waals surface area contributed by atoms with Gasteiger partial charge < -0.3 is 0 Å². The van der Waals surface area contributed by atoms with E-state index in [0.717, 1.165) is 12.8 Å². The zero-order valence-electron chi connectivity index (χ0n) is 9.74. The number of hydrogen-bond donors (Lipinski definition) is 0. The predicted molar refractivity (Wildman–Crippen MR) is 70.0 cm³/mol. The maximum atomic E-state index is 11.9. The van der Waals surface area contributed by atoms with Crippen LogP contribution in [-0.4, -0.2) is 16.8 Å². The fourth-order valence-electron chi connectivity index (χ4n) is 2.13. The van der Waals surface area contributed by atoms with Crippen LogP contribution in [0.25, 0.3) is 0 Å². The molecule has 0 aliphatic carbocycles. The Morgan fingerprint density at radius 2 is 2.38 bits per heavy atom. The third kappa shape index (κ3) is 3.11. The van der Waals surface area contributed by atoms with Crippen LogP contribution in [0.3, 0.4) is 0 Å². The first-order valence-corrected chi connectivity index (χ1v) is 7.00. The molecule has 1 atom stereocenters. The molecule has 0 saturated carbocycles. The molecule has 16 heavy (non-hydrogen) atoms. The molecule has 1 aliphatic rings. The first-order valence-electron chi connectivity index (χ1n) is 5.95. The molecule has 0 aromatic heterocycles. The highest BCUT2D eigenvalue weighted by Crippen LogP contribution is 2.27. The van der Waals surface area contributed by atoms with Gasteiger partial charge in [-0.15, -0.1) is 0 Å². The molecule has 0 spiro atoms. The van der Waals surface area contributed by atoms with Gasteiger partial charge in [-0.1, -0.05) is 29.8 Å². The minimum absolute atomic E-state index is 0.296. The van der Waals surface area contributed by atoms with E-state index in [-0.39, 0.29) is 0 Å². The number of carbonyl (C=O) groups is 1. The largest absolute Gasteiger partial charge is 0.298 e. The molecule has 1 unspecified atom stereocenters. The second-order valence-electron chi connectivity index (χ2n) is 4.46. The molecule has 1 aromatic rings. The zero-order chi connectivity index (χ0) is 11.4. The molecule has 0 amide bonds. The highest BCUT2D eigenvalue weighted by Gasteiger charge is 2.22. The smallest absolute Gasteiger partial charge is 0.146 e. The van der Waals surface area contributed by atoms with Crippen LogP contribution in [-0.2, 0) is 11.2 Å². The van der Waals surface area contributed by atoms with E-state index in [1.165, 1.54) is 23.3 Å². The first-order chi connectivity index (χ1) is 7.75. The number of hydrogen-bond acceptors (Lipinski definition) is 2. The van der Waals surface area contributed by atoms with Gasteiger partial charge in [0, 0.05) is 6.42 Å². The van der Waals surface area contributed by atoms with Gasteiger partial charge >= 0.3 is 0 Å². The Balaban J connectivity index is 1.84. The summed E-state index contributed by atoms with van der Waals surface area (Å²) in [6.45, 7) is 2.10. The number of thioether (sulfide) groups is 1. The summed E-state index contributed by atoms with van der Waals surface area (Å²) >= 11 is 1.84. The van der Waals surface area contributed by atoms with Crippen LogP contribution in [0.15, 0.2) is 24.3 Å². The fourth-order valence-corrected chi connectivity index (χ4v) is 3.38. The molecular weight excluding hydrogens is 216 g/mol. The highest BCUT2D eigenvalue weighted by atomic mass is 32.2. The molecule has 1 heterocycles. The molecule has 2 heteroatoms. The van der Waals surface area contributed by atoms with Crippen LogP contribution in [0.2, 0.25) is 0 Å². The van der Waals surface area contributed by atoms with Crippen molar-refractivity contribution in [3.63, 3.8) is 0 Å². The summed E-state index contributed by atoms with van der Waals surface area (Å²) in [5.74, 6) is 1.62. The first kappa shape index (κ1) is 11.7. The Labute approximate surface area is 102 Å². The van der Waals surface area contributed by atoms with Gasteiger partial charge in [-0.25, -0.2) is 0 Å². The van der Waals surface area contributed by atoms with Gasteiger partial charge in [0.05, 0.1) is 5.25 Å². The van der Waals surface area contributed by atoms with Crippen molar-refractivity contribution >= 4 is 17.5 Å². The lowest BCUT2D eigenvalue weighted by atomic mass is 10.0. The second kappa shape index (κ2) is 5.53. The van der Waals surface area contributed by atoms with Gasteiger partial charge in [0.25, 0.3) is 0 Å². The monoisotopic (exact) mass is 234 g/mol. The molecule has 1 aromatic carbocycles. The minimum Gasteiger partial charge on any atom is -0.298 e. The van der Waals surface area contributed by atoms with Crippen molar-refractivity contribution in [3.8, 4) is 0 Å². The Morgan fingerprint density at radius 3 is 3.06 bits per heavy atom. The van der Waals surface area contributed by atoms with E-state index in [2.05, 4.69) is 31.2 Å². The van der Waals surface area contributed by atoms with Crippen LogP contribution in [0, 0.1) is 6.92 Å². The quantitative estimate of drug-likeness (QED) is 0.794. The molecular formula is C14H18OS. The molecule has 1 saturated heterocycles. The lowest BCUT2D eigenvalue weighted by molar-refractivity contribution is -0.118. The van der Waals surface area contributed by atoms with E-state index < -0.39 is 0 Å². The van der Waals surface area contributed by atoms with Crippen LogP contribution in [0.4, 0.5) is 0 Å². The summed E-state index contributed by atoms with van der Waals surface area (Å²) in [7, 11) is 0. The molecule has 0 N–H and O–H groups in total. The van der Waals surface area contributed by atoms with Gasteiger partial charge in [-0.05, 0) is 37.5 Å². The average Bonchev–Trinajstić information content (AvgIpc) is 2.79. The zero-order valence-corrected chi connectivity index (χ0v) is 10.6. The number of Topliss-reactive ketones (excluding diaryl/α,β-unsaturated/α-hetero) is 1. The molecule has 0 bridgehead atoms. The summed E-state index contributed by atoms with van der Waals surface area (Å²) in [6, 6.07) is 8.45. The number of rotatable bonds is 4. The summed E-state index contributed by atoms with van der Waals surface area (Å²) in [5.41, 5.74) is 2.57. The van der Waals surface area contributed by atoms with Crippen LogP contribution >= 0.6 is 11.8 Å². The molecule has 2 rings (SSSR count). The third-order valence-electron chi connectivity index (χ3n) is 3.03. The summed E-state index contributed by atoms with van der Waals surface area (Å²) in [4.78, 5) is 11.9. The normalized spacial score (nSPS) is 19.9. The van der Waals surface area contributed by atoms with Crippen molar-refractivity contribution < 1.29 is 4.79 Å². The van der Waals surface area contributed by atoms with Crippen LogP contribution < -0.4 is 0 Å². The minimum atomic E-state index is 0.296. The van der Waals surface area contributed by atoms with Gasteiger partial charge in [0.15, 0.2) is 0 Å². The standard InChI is InChI=1S/C14H18OS/c1-11-4-2-5-12(10-11)7-8-13(15)14-6-3-9-16-14/h2,4-5,10,14H,3,6-9H2,1H3. The SMILES string of the molecule is Cc1cccc(CCC(=O)C2CCCS2)c1. The van der Waals surface area contributed by atoms with Crippen LogP contribution in [0.1, 0.15) is 30.4 Å². The van der Waals surface area contributed by atoms with E-state index in [9.17, 15) is 4.79 Å². The molecule has 1 fully saturated rings. The Morgan fingerprint density at radius 1 is 1.50 bits per heavy atom. The van der Waals surface area contributed by atoms with Gasteiger partial charge in [0.2, 0.25) is 0 Å². The summed E-state index contributed by atoms with van der Waals surface area (Å²) < 4.78 is 0. The topological polar surface area (TPSA) is 17.1 Å². The Bertz CT molecular complexity index is 367. The van der Waals surface area contributed by atoms with E-state index in [1.54, 1.807) is 0 Å². The predicted octanol–water partition coefficient (Wildman–Crippen LogP) is 3.39. The van der Waals surface area contributed by atoms with Crippen molar-refractivity contribution in [2.75, 3.05) is 5.75 Å². The number of ketones is 1. The third-order valence-corrected chi connectivity index (χ3v) is 4.46. The molecule has 86 valence electrons. The Hall–Kier alpha value is -0.760. The van der Waals surface area contributed by atoms with E-state index in [4.69, 9.17) is 0 Å². The molecule has 1 nitrogen and oxygen atoms in total. The second-order valence-corrected chi connectivity index (χ2v) is 5.77. The van der Waals surface area contributed by atoms with Gasteiger partial charge in [-0.2, -0.15) is 11.8 Å². The average molecular weight is 234 g/mol.